The second kappa shape index (κ2) is 11.1. The van der Waals surface area contributed by atoms with Crippen LogP contribution in [0.1, 0.15) is 51.3 Å². The molecule has 1 fully saturated rings. The van der Waals surface area contributed by atoms with Crippen LogP contribution in [0.3, 0.4) is 0 Å². The maximum Gasteiger partial charge on any atom is 0.190 e. The van der Waals surface area contributed by atoms with E-state index in [9.17, 15) is 0 Å². The molecule has 0 aromatic carbocycles. The number of imidazole rings is 1. The van der Waals surface area contributed by atoms with Crippen molar-refractivity contribution in [1.82, 2.24) is 25.1 Å². The van der Waals surface area contributed by atoms with Crippen LogP contribution in [0, 0.1) is 6.92 Å². The van der Waals surface area contributed by atoms with Gasteiger partial charge in [0.2, 0.25) is 0 Å². The highest BCUT2D eigenvalue weighted by Gasteiger charge is 2.16. The van der Waals surface area contributed by atoms with Gasteiger partial charge in [-0.3, -0.25) is 4.99 Å². The molecule has 0 amide bonds. The number of hydrogen-bond acceptors (Lipinski definition) is 3. The van der Waals surface area contributed by atoms with Gasteiger partial charge >= 0.3 is 0 Å². The van der Waals surface area contributed by atoms with Gasteiger partial charge < -0.3 is 20.1 Å². The molecule has 1 saturated heterocycles. The number of aliphatic imine (C=N–C) groups is 1. The first-order valence-electron chi connectivity index (χ1n) is 9.87. The number of hydrogen-bond donors (Lipinski definition) is 2. The van der Waals surface area contributed by atoms with Crippen molar-refractivity contribution < 1.29 is 0 Å². The van der Waals surface area contributed by atoms with E-state index in [0.29, 0.717) is 0 Å². The zero-order chi connectivity index (χ0) is 17.9. The minimum Gasteiger partial charge on any atom is -0.356 e. The van der Waals surface area contributed by atoms with Crippen molar-refractivity contribution in [3.8, 4) is 0 Å². The van der Waals surface area contributed by atoms with E-state index >= 15 is 0 Å². The summed E-state index contributed by atoms with van der Waals surface area (Å²) in [6.45, 7) is 9.84. The predicted molar refractivity (Wildman–Crippen MR) is 105 cm³/mol. The summed E-state index contributed by atoms with van der Waals surface area (Å²) in [5.74, 6) is 2.01. The van der Waals surface area contributed by atoms with Gasteiger partial charge in [0.1, 0.15) is 5.82 Å². The van der Waals surface area contributed by atoms with Crippen molar-refractivity contribution >= 4 is 5.96 Å². The van der Waals surface area contributed by atoms with Gasteiger partial charge in [-0.15, -0.1) is 0 Å². The molecule has 1 aromatic heterocycles. The van der Waals surface area contributed by atoms with Gasteiger partial charge in [-0.1, -0.05) is 6.42 Å². The minimum atomic E-state index is 0.755. The van der Waals surface area contributed by atoms with Crippen LogP contribution < -0.4 is 10.6 Å². The van der Waals surface area contributed by atoms with Crippen LogP contribution in [0.2, 0.25) is 0 Å². The fourth-order valence-electron chi connectivity index (χ4n) is 3.45. The molecule has 0 bridgehead atoms. The smallest absolute Gasteiger partial charge is 0.190 e. The summed E-state index contributed by atoms with van der Waals surface area (Å²) in [6, 6.07) is 0.755. The van der Waals surface area contributed by atoms with Crippen molar-refractivity contribution in [3.63, 3.8) is 0 Å². The SMILES string of the molecule is CN=C(NCCCCn1ccnc1C)NCCCN1CCCCC1C. The summed E-state index contributed by atoms with van der Waals surface area (Å²) in [4.78, 5) is 11.2. The van der Waals surface area contributed by atoms with Crippen molar-refractivity contribution in [2.24, 2.45) is 4.99 Å². The molecule has 1 unspecified atom stereocenters. The van der Waals surface area contributed by atoms with E-state index in [0.717, 1.165) is 50.3 Å². The number of aromatic nitrogens is 2. The van der Waals surface area contributed by atoms with Gasteiger partial charge in [-0.25, -0.2) is 4.98 Å². The Morgan fingerprint density at radius 3 is 2.68 bits per heavy atom. The lowest BCUT2D eigenvalue weighted by atomic mass is 10.0. The highest BCUT2D eigenvalue weighted by Crippen LogP contribution is 2.15. The molecule has 2 rings (SSSR count). The summed E-state index contributed by atoms with van der Waals surface area (Å²) < 4.78 is 2.20. The Morgan fingerprint density at radius 2 is 2.00 bits per heavy atom. The number of likely N-dealkylation sites (tertiary alicyclic amines) is 1. The van der Waals surface area contributed by atoms with Gasteiger partial charge in [0.05, 0.1) is 0 Å². The fourth-order valence-corrected chi connectivity index (χ4v) is 3.45. The van der Waals surface area contributed by atoms with E-state index in [1.54, 1.807) is 0 Å². The maximum absolute atomic E-state index is 4.31. The lowest BCUT2D eigenvalue weighted by Crippen LogP contribution is -2.41. The lowest BCUT2D eigenvalue weighted by molar-refractivity contribution is 0.159. The van der Waals surface area contributed by atoms with E-state index in [2.05, 4.69) is 43.9 Å². The van der Waals surface area contributed by atoms with Crippen LogP contribution >= 0.6 is 0 Å². The molecule has 0 radical (unpaired) electrons. The van der Waals surface area contributed by atoms with Crippen molar-refractivity contribution in [2.75, 3.05) is 33.2 Å². The molecule has 2 N–H and O–H groups in total. The second-order valence-corrected chi connectivity index (χ2v) is 7.04. The largest absolute Gasteiger partial charge is 0.356 e. The van der Waals surface area contributed by atoms with E-state index in [-0.39, 0.29) is 0 Å². The van der Waals surface area contributed by atoms with E-state index in [1.165, 1.54) is 38.8 Å². The van der Waals surface area contributed by atoms with Crippen LogP contribution in [0.4, 0.5) is 0 Å². The first-order chi connectivity index (χ1) is 12.2. The topological polar surface area (TPSA) is 57.5 Å². The third kappa shape index (κ3) is 7.06. The Kier molecular flexibility index (Phi) is 8.80. The number of nitrogens with one attached hydrogen (secondary N) is 2. The average Bonchev–Trinajstić information content (AvgIpc) is 3.03. The van der Waals surface area contributed by atoms with Crippen LogP contribution in [0.25, 0.3) is 0 Å². The molecule has 25 heavy (non-hydrogen) atoms. The van der Waals surface area contributed by atoms with Crippen molar-refractivity contribution in [3.05, 3.63) is 18.2 Å². The van der Waals surface area contributed by atoms with Gasteiger partial charge in [-0.2, -0.15) is 0 Å². The Hall–Kier alpha value is -1.56. The third-order valence-electron chi connectivity index (χ3n) is 5.12. The minimum absolute atomic E-state index is 0.755. The zero-order valence-corrected chi connectivity index (χ0v) is 16.3. The molecule has 1 aliphatic rings. The number of aryl methyl sites for hydroxylation is 2. The monoisotopic (exact) mass is 348 g/mol. The van der Waals surface area contributed by atoms with Crippen LogP contribution in [-0.4, -0.2) is 59.7 Å². The standard InChI is InChI=1S/C19H36N6/c1-17-9-4-6-13-24(17)15-8-11-23-19(20-3)22-10-5-7-14-25-16-12-21-18(25)2/h12,16-17H,4-11,13-15H2,1-3H3,(H2,20,22,23). The maximum atomic E-state index is 4.31. The van der Waals surface area contributed by atoms with Crippen LogP contribution in [-0.2, 0) is 6.54 Å². The van der Waals surface area contributed by atoms with E-state index < -0.39 is 0 Å². The summed E-state index contributed by atoms with van der Waals surface area (Å²) in [6.07, 6.45) is 11.5. The Balaban J connectivity index is 1.51. The molecule has 0 aliphatic carbocycles. The normalized spacial score (nSPS) is 19.2. The summed E-state index contributed by atoms with van der Waals surface area (Å²) in [5.41, 5.74) is 0. The van der Waals surface area contributed by atoms with Gasteiger partial charge in [0.25, 0.3) is 0 Å². The zero-order valence-electron chi connectivity index (χ0n) is 16.3. The molecule has 6 heteroatoms. The number of rotatable bonds is 9. The van der Waals surface area contributed by atoms with E-state index in [4.69, 9.17) is 0 Å². The first kappa shape index (κ1) is 19.8. The molecule has 2 heterocycles. The van der Waals surface area contributed by atoms with Gasteiger partial charge in [0.15, 0.2) is 5.96 Å². The third-order valence-corrected chi connectivity index (χ3v) is 5.12. The first-order valence-corrected chi connectivity index (χ1v) is 9.87. The van der Waals surface area contributed by atoms with E-state index in [1.807, 2.05) is 19.4 Å². The second-order valence-electron chi connectivity index (χ2n) is 7.04. The number of guanidine groups is 1. The predicted octanol–water partition coefficient (Wildman–Crippen LogP) is 2.40. The molecule has 1 aliphatic heterocycles. The lowest BCUT2D eigenvalue weighted by Gasteiger charge is -2.33. The molecular weight excluding hydrogens is 312 g/mol. The highest BCUT2D eigenvalue weighted by atomic mass is 15.2. The summed E-state index contributed by atoms with van der Waals surface area (Å²) in [7, 11) is 1.84. The molecule has 0 spiro atoms. The van der Waals surface area contributed by atoms with Crippen LogP contribution in [0.15, 0.2) is 17.4 Å². The number of nitrogens with zero attached hydrogens (tertiary/aromatic N) is 4. The molecule has 142 valence electrons. The average molecular weight is 349 g/mol. The molecule has 1 aromatic rings. The van der Waals surface area contributed by atoms with Crippen LogP contribution in [0.5, 0.6) is 0 Å². The Morgan fingerprint density at radius 1 is 1.20 bits per heavy atom. The summed E-state index contributed by atoms with van der Waals surface area (Å²) >= 11 is 0. The Bertz CT molecular complexity index is 510. The van der Waals surface area contributed by atoms with Crippen molar-refractivity contribution in [1.29, 1.82) is 0 Å². The highest BCUT2D eigenvalue weighted by molar-refractivity contribution is 5.79. The number of piperidine rings is 1. The fraction of sp³-hybridized carbons (Fsp3) is 0.789. The van der Waals surface area contributed by atoms with Gasteiger partial charge in [-0.05, 0) is 52.5 Å². The van der Waals surface area contributed by atoms with Gasteiger partial charge in [0, 0.05) is 51.7 Å². The molecule has 0 saturated carbocycles. The Labute approximate surface area is 153 Å². The summed E-state index contributed by atoms with van der Waals surface area (Å²) in [5, 5.41) is 6.85. The molecule has 1 atom stereocenters. The number of unbranched alkanes of at least 4 members (excludes halogenated alkanes) is 1. The quantitative estimate of drug-likeness (QED) is 0.409. The molecular formula is C19H36N6. The molecule has 6 nitrogen and oxygen atoms in total. The van der Waals surface area contributed by atoms with Crippen molar-refractivity contribution in [2.45, 2.75) is 65.0 Å².